The molecule has 142 valence electrons. The Morgan fingerprint density at radius 1 is 1.15 bits per heavy atom. The second-order valence-electron chi connectivity index (χ2n) is 6.27. The molecule has 0 spiro atoms. The summed E-state index contributed by atoms with van der Waals surface area (Å²) >= 11 is 0. The fourth-order valence-electron chi connectivity index (χ4n) is 2.36. The zero-order valence-electron chi connectivity index (χ0n) is 14.4. The van der Waals surface area contributed by atoms with Gasteiger partial charge in [-0.15, -0.1) is 0 Å². The molecular weight excluding hydrogens is 364 g/mol. The molecule has 0 aliphatic heterocycles. The van der Waals surface area contributed by atoms with Gasteiger partial charge < -0.3 is 10.4 Å². The number of hydrogen-bond donors (Lipinski definition) is 3. The molecule has 26 heavy (non-hydrogen) atoms. The van der Waals surface area contributed by atoms with Crippen molar-refractivity contribution in [1.29, 1.82) is 0 Å². The van der Waals surface area contributed by atoms with Crippen LogP contribution in [0.4, 0.5) is 20.3 Å². The lowest BCUT2D eigenvalue weighted by molar-refractivity contribution is 0.259. The van der Waals surface area contributed by atoms with Gasteiger partial charge in [0.15, 0.2) is 11.6 Å². The molecule has 2 aromatic rings. The van der Waals surface area contributed by atoms with Crippen molar-refractivity contribution in [2.75, 3.05) is 16.6 Å². The highest BCUT2D eigenvalue weighted by atomic mass is 32.2. The molecule has 0 saturated heterocycles. The molecule has 9 heteroatoms. The minimum atomic E-state index is -3.99. The summed E-state index contributed by atoms with van der Waals surface area (Å²) in [6, 6.07) is 5.34. The summed E-state index contributed by atoms with van der Waals surface area (Å²) in [5, 5.41) is 12.4. The van der Waals surface area contributed by atoms with Crippen molar-refractivity contribution in [3.05, 3.63) is 48.2 Å². The summed E-state index contributed by atoms with van der Waals surface area (Å²) in [6.07, 6.45) is 1.88. The smallest absolute Gasteiger partial charge is 0.263 e. The number of halogens is 2. The van der Waals surface area contributed by atoms with E-state index in [1.807, 2.05) is 13.8 Å². The number of rotatable bonds is 8. The van der Waals surface area contributed by atoms with Crippen molar-refractivity contribution in [2.24, 2.45) is 5.92 Å². The van der Waals surface area contributed by atoms with E-state index >= 15 is 0 Å². The normalized spacial score (nSPS) is 12.8. The van der Waals surface area contributed by atoms with E-state index in [1.54, 1.807) is 0 Å². The van der Waals surface area contributed by atoms with E-state index < -0.39 is 21.7 Å². The monoisotopic (exact) mass is 385 g/mol. The number of nitrogens with one attached hydrogen (secondary N) is 2. The third-order valence-electron chi connectivity index (χ3n) is 3.55. The molecule has 1 unspecified atom stereocenters. The molecular formula is C17H21F2N3O3S. The lowest BCUT2D eigenvalue weighted by atomic mass is 10.0. The molecule has 0 saturated carbocycles. The summed E-state index contributed by atoms with van der Waals surface area (Å²) in [7, 11) is -3.99. The van der Waals surface area contributed by atoms with E-state index in [2.05, 4.69) is 15.0 Å². The van der Waals surface area contributed by atoms with Crippen LogP contribution in [0.2, 0.25) is 0 Å². The van der Waals surface area contributed by atoms with Gasteiger partial charge in [0.25, 0.3) is 10.0 Å². The summed E-state index contributed by atoms with van der Waals surface area (Å²) in [4.78, 5) is 3.91. The van der Waals surface area contributed by atoms with Crippen molar-refractivity contribution in [3.8, 4) is 0 Å². The Hall–Kier alpha value is -2.26. The number of aromatic nitrogens is 1. The van der Waals surface area contributed by atoms with Gasteiger partial charge in [-0.3, -0.25) is 4.72 Å². The zero-order valence-corrected chi connectivity index (χ0v) is 15.2. The Morgan fingerprint density at radius 2 is 1.88 bits per heavy atom. The number of sulfonamides is 1. The first-order valence-electron chi connectivity index (χ1n) is 8.02. The maximum atomic E-state index is 13.2. The van der Waals surface area contributed by atoms with Gasteiger partial charge in [-0.1, -0.05) is 13.8 Å². The van der Waals surface area contributed by atoms with Gasteiger partial charge in [0, 0.05) is 12.3 Å². The number of nitrogens with zero attached hydrogens (tertiary/aromatic N) is 1. The molecule has 0 bridgehead atoms. The van der Waals surface area contributed by atoms with Crippen molar-refractivity contribution in [1.82, 2.24) is 4.98 Å². The molecule has 3 N–H and O–H groups in total. The summed E-state index contributed by atoms with van der Waals surface area (Å²) in [6.45, 7) is 3.98. The first-order valence-corrected chi connectivity index (χ1v) is 9.51. The second-order valence-corrected chi connectivity index (χ2v) is 7.95. The van der Waals surface area contributed by atoms with Crippen LogP contribution in [-0.2, 0) is 10.0 Å². The molecule has 0 radical (unpaired) electrons. The van der Waals surface area contributed by atoms with Crippen molar-refractivity contribution < 1.29 is 22.3 Å². The fourth-order valence-corrected chi connectivity index (χ4v) is 3.35. The van der Waals surface area contributed by atoms with Crippen LogP contribution in [0.3, 0.4) is 0 Å². The predicted molar refractivity (Wildman–Crippen MR) is 95.4 cm³/mol. The van der Waals surface area contributed by atoms with Crippen LogP contribution < -0.4 is 10.0 Å². The second kappa shape index (κ2) is 8.41. The lowest BCUT2D eigenvalue weighted by Crippen LogP contribution is -2.26. The van der Waals surface area contributed by atoms with Gasteiger partial charge in [-0.25, -0.2) is 22.2 Å². The SMILES string of the molecule is CC(C)CC(CO)Nc1ccc(S(=O)(=O)Nc2ccc(F)c(F)c2)cn1. The fraction of sp³-hybridized carbons (Fsp3) is 0.353. The van der Waals surface area contributed by atoms with Crippen molar-refractivity contribution in [2.45, 2.75) is 31.2 Å². The number of anilines is 2. The van der Waals surface area contributed by atoms with E-state index in [9.17, 15) is 22.3 Å². The third kappa shape index (κ3) is 5.37. The summed E-state index contributed by atoms with van der Waals surface area (Å²) < 4.78 is 52.9. The van der Waals surface area contributed by atoms with E-state index in [1.165, 1.54) is 12.1 Å². The Bertz CT molecular complexity index is 843. The van der Waals surface area contributed by atoms with Gasteiger partial charge in [0.1, 0.15) is 10.7 Å². The van der Waals surface area contributed by atoms with Gasteiger partial charge in [0.2, 0.25) is 0 Å². The van der Waals surface area contributed by atoms with Crippen LogP contribution in [0.15, 0.2) is 41.4 Å². The van der Waals surface area contributed by atoms with Gasteiger partial charge >= 0.3 is 0 Å². The molecule has 0 amide bonds. The molecule has 1 atom stereocenters. The first kappa shape index (κ1) is 20.1. The molecule has 0 fully saturated rings. The average Bonchev–Trinajstić information content (AvgIpc) is 2.57. The zero-order chi connectivity index (χ0) is 19.3. The molecule has 1 heterocycles. The quantitative estimate of drug-likeness (QED) is 0.650. The largest absolute Gasteiger partial charge is 0.394 e. The standard InChI is InChI=1S/C17H21F2N3O3S/c1-11(2)7-13(10-23)21-17-6-4-14(9-20-17)26(24,25)22-12-3-5-15(18)16(19)8-12/h3-6,8-9,11,13,22-23H,7,10H2,1-2H3,(H,20,21). The van der Waals surface area contributed by atoms with Crippen LogP contribution in [-0.4, -0.2) is 31.2 Å². The molecule has 6 nitrogen and oxygen atoms in total. The highest BCUT2D eigenvalue weighted by Crippen LogP contribution is 2.19. The van der Waals surface area contributed by atoms with Crippen LogP contribution in [0, 0.1) is 17.6 Å². The van der Waals surface area contributed by atoms with Gasteiger partial charge in [-0.05, 0) is 36.6 Å². The topological polar surface area (TPSA) is 91.3 Å². The van der Waals surface area contributed by atoms with Crippen LogP contribution in [0.5, 0.6) is 0 Å². The number of aliphatic hydroxyl groups is 1. The van der Waals surface area contributed by atoms with Gasteiger partial charge in [-0.2, -0.15) is 0 Å². The predicted octanol–water partition coefficient (Wildman–Crippen LogP) is 2.98. The minimum absolute atomic E-state index is 0.0718. The van der Waals surface area contributed by atoms with E-state index in [-0.39, 0.29) is 23.2 Å². The average molecular weight is 385 g/mol. The maximum absolute atomic E-state index is 13.2. The molecule has 1 aromatic carbocycles. The first-order chi connectivity index (χ1) is 12.2. The van der Waals surface area contributed by atoms with E-state index in [0.29, 0.717) is 11.7 Å². The highest BCUT2D eigenvalue weighted by molar-refractivity contribution is 7.92. The van der Waals surface area contributed by atoms with Crippen LogP contribution in [0.25, 0.3) is 0 Å². The Kier molecular flexibility index (Phi) is 6.49. The van der Waals surface area contributed by atoms with Crippen LogP contribution >= 0.6 is 0 Å². The molecule has 0 aliphatic carbocycles. The van der Waals surface area contributed by atoms with Crippen LogP contribution in [0.1, 0.15) is 20.3 Å². The highest BCUT2D eigenvalue weighted by Gasteiger charge is 2.17. The minimum Gasteiger partial charge on any atom is -0.394 e. The molecule has 1 aromatic heterocycles. The lowest BCUT2D eigenvalue weighted by Gasteiger charge is -2.18. The maximum Gasteiger partial charge on any atom is 0.263 e. The number of hydrogen-bond acceptors (Lipinski definition) is 5. The third-order valence-corrected chi connectivity index (χ3v) is 4.91. The van der Waals surface area contributed by atoms with Crippen molar-refractivity contribution in [3.63, 3.8) is 0 Å². The van der Waals surface area contributed by atoms with E-state index in [4.69, 9.17) is 0 Å². The Morgan fingerprint density at radius 3 is 2.42 bits per heavy atom. The summed E-state index contributed by atoms with van der Waals surface area (Å²) in [5.74, 6) is -1.41. The summed E-state index contributed by atoms with van der Waals surface area (Å²) in [5.41, 5.74) is -0.0941. The number of pyridine rings is 1. The van der Waals surface area contributed by atoms with Gasteiger partial charge in [0.05, 0.1) is 18.3 Å². The molecule has 2 rings (SSSR count). The number of benzene rings is 1. The molecule has 0 aliphatic rings. The Balaban J connectivity index is 2.11. The number of aliphatic hydroxyl groups excluding tert-OH is 1. The Labute approximate surface area is 151 Å². The van der Waals surface area contributed by atoms with Crippen molar-refractivity contribution >= 4 is 21.5 Å². The van der Waals surface area contributed by atoms with E-state index in [0.717, 1.165) is 30.8 Å².